The Hall–Kier alpha value is -2.42. The molecule has 1 aromatic heterocycles. The fraction of sp³-hybridized carbons (Fsp3) is 0.286. The summed E-state index contributed by atoms with van der Waals surface area (Å²) in [6.45, 7) is 4.52. The molecule has 1 heterocycles. The first-order valence-electron chi connectivity index (χ1n) is 9.52. The molecule has 31 heavy (non-hydrogen) atoms. The highest BCUT2D eigenvalue weighted by atomic mass is 35.5. The van der Waals surface area contributed by atoms with Crippen LogP contribution in [0, 0.1) is 0 Å². The lowest BCUT2D eigenvalue weighted by molar-refractivity contribution is -0.113. The molecule has 0 aliphatic rings. The number of carbonyl (C=O) groups excluding carboxylic acids is 1. The molecule has 1 atom stereocenters. The molecule has 0 spiro atoms. The molecule has 164 valence electrons. The fourth-order valence-electron chi connectivity index (χ4n) is 2.90. The Morgan fingerprint density at radius 1 is 1.19 bits per heavy atom. The van der Waals surface area contributed by atoms with Gasteiger partial charge in [0.2, 0.25) is 5.91 Å². The standard InChI is InChI=1S/C21H22Cl2N4O3S/c1-4-27-20(13(2)30-16-7-5-6-14(22)10-16)25-26-21(27)31-12-19(28)24-17-11-15(23)8-9-18(17)29-3/h5-11,13H,4,12H2,1-3H3,(H,24,28). The van der Waals surface area contributed by atoms with E-state index in [1.54, 1.807) is 30.3 Å². The first-order chi connectivity index (χ1) is 14.9. The number of rotatable bonds is 9. The zero-order valence-corrected chi connectivity index (χ0v) is 19.6. The van der Waals surface area contributed by atoms with Crippen molar-refractivity contribution in [3.8, 4) is 11.5 Å². The molecular formula is C21H22Cl2N4O3S. The van der Waals surface area contributed by atoms with Gasteiger partial charge in [-0.25, -0.2) is 0 Å². The number of carbonyl (C=O) groups is 1. The minimum atomic E-state index is -0.343. The lowest BCUT2D eigenvalue weighted by Crippen LogP contribution is -2.16. The van der Waals surface area contributed by atoms with E-state index in [4.69, 9.17) is 32.7 Å². The maximum Gasteiger partial charge on any atom is 0.234 e. The zero-order chi connectivity index (χ0) is 22.4. The number of nitrogens with zero attached hydrogens (tertiary/aromatic N) is 3. The topological polar surface area (TPSA) is 78.3 Å². The van der Waals surface area contributed by atoms with Crippen LogP contribution in [0.1, 0.15) is 25.8 Å². The van der Waals surface area contributed by atoms with Gasteiger partial charge < -0.3 is 19.4 Å². The van der Waals surface area contributed by atoms with Gasteiger partial charge >= 0.3 is 0 Å². The average Bonchev–Trinajstić information content (AvgIpc) is 3.15. The van der Waals surface area contributed by atoms with Crippen molar-refractivity contribution in [1.82, 2.24) is 14.8 Å². The van der Waals surface area contributed by atoms with Gasteiger partial charge in [0.05, 0.1) is 18.6 Å². The highest BCUT2D eigenvalue weighted by Crippen LogP contribution is 2.29. The minimum Gasteiger partial charge on any atom is -0.495 e. The van der Waals surface area contributed by atoms with E-state index >= 15 is 0 Å². The summed E-state index contributed by atoms with van der Waals surface area (Å²) in [4.78, 5) is 12.5. The normalized spacial score (nSPS) is 11.8. The summed E-state index contributed by atoms with van der Waals surface area (Å²) in [6, 6.07) is 12.2. The number of halogens is 2. The third-order valence-electron chi connectivity index (χ3n) is 4.30. The van der Waals surface area contributed by atoms with Gasteiger partial charge in [0.25, 0.3) is 0 Å². The predicted molar refractivity (Wildman–Crippen MR) is 124 cm³/mol. The molecule has 1 unspecified atom stereocenters. The van der Waals surface area contributed by atoms with E-state index < -0.39 is 0 Å². The molecule has 0 radical (unpaired) electrons. The number of nitrogens with one attached hydrogen (secondary N) is 1. The van der Waals surface area contributed by atoms with Gasteiger partial charge in [0.15, 0.2) is 17.1 Å². The summed E-state index contributed by atoms with van der Waals surface area (Å²) >= 11 is 13.3. The van der Waals surface area contributed by atoms with E-state index in [0.717, 1.165) is 0 Å². The first kappa shape index (κ1) is 23.2. The SMILES string of the molecule is CCn1c(SCC(=O)Nc2cc(Cl)ccc2OC)nnc1C(C)Oc1cccc(Cl)c1. The molecular weight excluding hydrogens is 459 g/mol. The van der Waals surface area contributed by atoms with E-state index in [9.17, 15) is 4.79 Å². The Morgan fingerprint density at radius 3 is 2.68 bits per heavy atom. The summed E-state index contributed by atoms with van der Waals surface area (Å²) < 4.78 is 13.1. The van der Waals surface area contributed by atoms with Crippen LogP contribution in [-0.2, 0) is 11.3 Å². The molecule has 7 nitrogen and oxygen atoms in total. The summed E-state index contributed by atoms with van der Waals surface area (Å²) in [7, 11) is 1.53. The molecule has 0 aliphatic carbocycles. The van der Waals surface area contributed by atoms with Crippen LogP contribution in [0.2, 0.25) is 10.0 Å². The third-order valence-corrected chi connectivity index (χ3v) is 5.74. The van der Waals surface area contributed by atoms with Gasteiger partial charge in [-0.05, 0) is 50.2 Å². The summed E-state index contributed by atoms with van der Waals surface area (Å²) in [6.07, 6.45) is -0.343. The quantitative estimate of drug-likeness (QED) is 0.408. The largest absolute Gasteiger partial charge is 0.495 e. The Balaban J connectivity index is 1.65. The van der Waals surface area contributed by atoms with Crippen molar-refractivity contribution in [3.63, 3.8) is 0 Å². The Labute approximate surface area is 195 Å². The van der Waals surface area contributed by atoms with Gasteiger partial charge in [-0.15, -0.1) is 10.2 Å². The Kier molecular flexibility index (Phi) is 8.06. The number of hydrogen-bond acceptors (Lipinski definition) is 6. The lowest BCUT2D eigenvalue weighted by Gasteiger charge is -2.15. The van der Waals surface area contributed by atoms with Gasteiger partial charge in [0.1, 0.15) is 11.5 Å². The number of ether oxygens (including phenoxy) is 2. The summed E-state index contributed by atoms with van der Waals surface area (Å²) in [5.74, 6) is 1.79. The fourth-order valence-corrected chi connectivity index (χ4v) is 4.06. The smallest absolute Gasteiger partial charge is 0.234 e. The average molecular weight is 481 g/mol. The molecule has 0 bridgehead atoms. The molecule has 0 saturated carbocycles. The van der Waals surface area contributed by atoms with Crippen LogP contribution in [0.3, 0.4) is 0 Å². The number of methoxy groups -OCH3 is 1. The van der Waals surface area contributed by atoms with Crippen molar-refractivity contribution >= 4 is 46.6 Å². The van der Waals surface area contributed by atoms with Crippen molar-refractivity contribution in [2.45, 2.75) is 31.7 Å². The number of aromatic nitrogens is 3. The van der Waals surface area contributed by atoms with Crippen LogP contribution in [0.4, 0.5) is 5.69 Å². The van der Waals surface area contributed by atoms with Crippen LogP contribution in [-0.4, -0.2) is 33.5 Å². The Bertz CT molecular complexity index is 1060. The van der Waals surface area contributed by atoms with Crippen molar-refractivity contribution in [1.29, 1.82) is 0 Å². The van der Waals surface area contributed by atoms with Gasteiger partial charge in [-0.2, -0.15) is 0 Å². The number of thioether (sulfide) groups is 1. The second-order valence-electron chi connectivity index (χ2n) is 6.48. The molecule has 3 rings (SSSR count). The maximum absolute atomic E-state index is 12.5. The summed E-state index contributed by atoms with van der Waals surface area (Å²) in [5, 5.41) is 13.1. The molecule has 10 heteroatoms. The molecule has 0 saturated heterocycles. The van der Waals surface area contributed by atoms with Crippen LogP contribution in [0.15, 0.2) is 47.6 Å². The van der Waals surface area contributed by atoms with E-state index in [0.29, 0.717) is 44.8 Å². The highest BCUT2D eigenvalue weighted by Gasteiger charge is 2.20. The molecule has 0 aliphatic heterocycles. The molecule has 1 amide bonds. The highest BCUT2D eigenvalue weighted by molar-refractivity contribution is 7.99. The number of anilines is 1. The molecule has 0 fully saturated rings. The lowest BCUT2D eigenvalue weighted by atomic mass is 10.3. The van der Waals surface area contributed by atoms with Gasteiger partial charge in [-0.1, -0.05) is 41.0 Å². The number of amides is 1. The van der Waals surface area contributed by atoms with Crippen molar-refractivity contribution in [2.24, 2.45) is 0 Å². The van der Waals surface area contributed by atoms with Gasteiger partial charge in [0, 0.05) is 16.6 Å². The van der Waals surface area contributed by atoms with Crippen LogP contribution >= 0.6 is 35.0 Å². The monoisotopic (exact) mass is 480 g/mol. The third kappa shape index (κ3) is 6.06. The van der Waals surface area contributed by atoms with Crippen LogP contribution in [0.25, 0.3) is 0 Å². The van der Waals surface area contributed by atoms with Crippen molar-refractivity contribution < 1.29 is 14.3 Å². The first-order valence-corrected chi connectivity index (χ1v) is 11.3. The Morgan fingerprint density at radius 2 is 1.97 bits per heavy atom. The molecule has 2 aromatic carbocycles. The maximum atomic E-state index is 12.5. The number of benzene rings is 2. The van der Waals surface area contributed by atoms with Crippen LogP contribution in [0.5, 0.6) is 11.5 Å². The minimum absolute atomic E-state index is 0.150. The zero-order valence-electron chi connectivity index (χ0n) is 17.3. The molecule has 3 aromatic rings. The van der Waals surface area contributed by atoms with E-state index in [1.807, 2.05) is 30.5 Å². The second-order valence-corrected chi connectivity index (χ2v) is 8.30. The van der Waals surface area contributed by atoms with E-state index in [-0.39, 0.29) is 17.8 Å². The molecule has 1 N–H and O–H groups in total. The van der Waals surface area contributed by atoms with E-state index in [1.165, 1.54) is 18.9 Å². The summed E-state index contributed by atoms with van der Waals surface area (Å²) in [5.41, 5.74) is 0.516. The van der Waals surface area contributed by atoms with Crippen molar-refractivity contribution in [2.75, 3.05) is 18.2 Å². The number of hydrogen-bond donors (Lipinski definition) is 1. The van der Waals surface area contributed by atoms with Gasteiger partial charge in [-0.3, -0.25) is 4.79 Å². The second kappa shape index (κ2) is 10.7. The van der Waals surface area contributed by atoms with Crippen LogP contribution < -0.4 is 14.8 Å². The van der Waals surface area contributed by atoms with Crippen molar-refractivity contribution in [3.05, 3.63) is 58.3 Å². The van der Waals surface area contributed by atoms with E-state index in [2.05, 4.69) is 15.5 Å². The predicted octanol–water partition coefficient (Wildman–Crippen LogP) is 5.48.